The van der Waals surface area contributed by atoms with Crippen molar-refractivity contribution < 1.29 is 27.8 Å². The summed E-state index contributed by atoms with van der Waals surface area (Å²) in [6.07, 6.45) is -4.92. The summed E-state index contributed by atoms with van der Waals surface area (Å²) in [4.78, 5) is 11.1. The van der Waals surface area contributed by atoms with Crippen molar-refractivity contribution in [1.82, 2.24) is 0 Å². The molecule has 0 fully saturated rings. The Balaban J connectivity index is 2.89. The second-order valence-corrected chi connectivity index (χ2v) is 3.61. The van der Waals surface area contributed by atoms with Gasteiger partial charge in [0, 0.05) is 6.42 Å². The van der Waals surface area contributed by atoms with E-state index in [0.717, 1.165) is 6.07 Å². The molecule has 0 aliphatic heterocycles. The zero-order valence-corrected chi connectivity index (χ0v) is 9.75. The van der Waals surface area contributed by atoms with Gasteiger partial charge in [0.2, 0.25) is 0 Å². The number of ether oxygens (including phenoxy) is 1. The van der Waals surface area contributed by atoms with Gasteiger partial charge in [-0.1, -0.05) is 12.1 Å². The van der Waals surface area contributed by atoms with Crippen molar-refractivity contribution in [1.29, 1.82) is 0 Å². The molecule has 0 atom stereocenters. The van der Waals surface area contributed by atoms with Crippen LogP contribution in [-0.4, -0.2) is 17.7 Å². The van der Waals surface area contributed by atoms with Crippen LogP contribution in [0.2, 0.25) is 0 Å². The van der Waals surface area contributed by atoms with Crippen molar-refractivity contribution in [2.24, 2.45) is 0 Å². The summed E-state index contributed by atoms with van der Waals surface area (Å²) in [5, 5.41) is 9.26. The summed E-state index contributed by atoms with van der Waals surface area (Å²) in [7, 11) is 0. The van der Waals surface area contributed by atoms with E-state index in [2.05, 4.69) is 4.74 Å². The largest absolute Gasteiger partial charge is 0.507 e. The SMILES string of the molecule is CCOC(=O)CCc1cccc(O)c1C(F)(F)F. The van der Waals surface area contributed by atoms with Gasteiger partial charge in [-0.2, -0.15) is 13.2 Å². The van der Waals surface area contributed by atoms with Gasteiger partial charge in [-0.25, -0.2) is 0 Å². The minimum Gasteiger partial charge on any atom is -0.507 e. The number of rotatable bonds is 4. The highest BCUT2D eigenvalue weighted by atomic mass is 19.4. The molecule has 1 aromatic carbocycles. The van der Waals surface area contributed by atoms with Crippen LogP contribution in [-0.2, 0) is 22.1 Å². The molecule has 3 nitrogen and oxygen atoms in total. The van der Waals surface area contributed by atoms with Crippen LogP contribution >= 0.6 is 0 Å². The van der Waals surface area contributed by atoms with E-state index in [4.69, 9.17) is 0 Å². The van der Waals surface area contributed by atoms with Crippen molar-refractivity contribution in [2.45, 2.75) is 25.9 Å². The lowest BCUT2D eigenvalue weighted by molar-refractivity contribution is -0.144. The molecule has 0 aliphatic carbocycles. The summed E-state index contributed by atoms with van der Waals surface area (Å²) in [6.45, 7) is 1.80. The maximum atomic E-state index is 12.7. The Morgan fingerprint density at radius 3 is 2.61 bits per heavy atom. The van der Waals surface area contributed by atoms with Crippen LogP contribution in [0.15, 0.2) is 18.2 Å². The fraction of sp³-hybridized carbons (Fsp3) is 0.417. The van der Waals surface area contributed by atoms with Gasteiger partial charge in [-0.05, 0) is 25.0 Å². The van der Waals surface area contributed by atoms with Gasteiger partial charge < -0.3 is 9.84 Å². The smallest absolute Gasteiger partial charge is 0.420 e. The molecule has 0 aliphatic rings. The Labute approximate surface area is 102 Å². The van der Waals surface area contributed by atoms with E-state index in [1.54, 1.807) is 6.92 Å². The first-order valence-electron chi connectivity index (χ1n) is 5.40. The van der Waals surface area contributed by atoms with Crippen LogP contribution in [0.4, 0.5) is 13.2 Å². The van der Waals surface area contributed by atoms with Crippen molar-refractivity contribution in [3.8, 4) is 5.75 Å². The molecular formula is C12H13F3O3. The molecule has 18 heavy (non-hydrogen) atoms. The van der Waals surface area contributed by atoms with Gasteiger partial charge in [0.25, 0.3) is 0 Å². The van der Waals surface area contributed by atoms with Gasteiger partial charge in [-0.15, -0.1) is 0 Å². The molecule has 1 N–H and O–H groups in total. The molecular weight excluding hydrogens is 249 g/mol. The van der Waals surface area contributed by atoms with Crippen molar-refractivity contribution in [2.75, 3.05) is 6.61 Å². The predicted molar refractivity (Wildman–Crippen MR) is 58.1 cm³/mol. The average Bonchev–Trinajstić information content (AvgIpc) is 2.25. The zero-order chi connectivity index (χ0) is 13.8. The number of aromatic hydroxyl groups is 1. The van der Waals surface area contributed by atoms with Crippen LogP contribution in [0, 0.1) is 0 Å². The minimum absolute atomic E-state index is 0.115. The molecule has 0 spiro atoms. The summed E-state index contributed by atoms with van der Waals surface area (Å²) in [5.74, 6) is -1.39. The van der Waals surface area contributed by atoms with Crippen molar-refractivity contribution in [3.63, 3.8) is 0 Å². The number of phenols is 1. The zero-order valence-electron chi connectivity index (χ0n) is 9.75. The van der Waals surface area contributed by atoms with Crippen molar-refractivity contribution >= 4 is 5.97 Å². The third-order valence-corrected chi connectivity index (χ3v) is 2.32. The van der Waals surface area contributed by atoms with E-state index in [-0.39, 0.29) is 25.0 Å². The van der Waals surface area contributed by atoms with Crippen LogP contribution in [0.3, 0.4) is 0 Å². The van der Waals surface area contributed by atoms with Crippen molar-refractivity contribution in [3.05, 3.63) is 29.3 Å². The molecule has 0 amide bonds. The predicted octanol–water partition coefficient (Wildman–Crippen LogP) is 2.91. The Bertz CT molecular complexity index is 427. The third kappa shape index (κ3) is 3.65. The van der Waals surface area contributed by atoms with Gasteiger partial charge in [0.05, 0.1) is 6.61 Å². The molecule has 1 aromatic rings. The molecule has 0 saturated heterocycles. The summed E-state index contributed by atoms with van der Waals surface area (Å²) >= 11 is 0. The lowest BCUT2D eigenvalue weighted by Crippen LogP contribution is -2.12. The molecule has 0 heterocycles. The second kappa shape index (κ2) is 5.75. The topological polar surface area (TPSA) is 46.5 Å². The Kier molecular flexibility index (Phi) is 4.58. The van der Waals surface area contributed by atoms with E-state index in [1.165, 1.54) is 12.1 Å². The van der Waals surface area contributed by atoms with Gasteiger partial charge in [0.15, 0.2) is 0 Å². The van der Waals surface area contributed by atoms with E-state index in [9.17, 15) is 23.1 Å². The first-order valence-corrected chi connectivity index (χ1v) is 5.40. The standard InChI is InChI=1S/C12H13F3O3/c1-2-18-10(17)7-6-8-4-3-5-9(16)11(8)12(13,14)15/h3-5,16H,2,6-7H2,1H3. The average molecular weight is 262 g/mol. The second-order valence-electron chi connectivity index (χ2n) is 3.61. The molecule has 100 valence electrons. The number of hydrogen-bond acceptors (Lipinski definition) is 3. The maximum Gasteiger partial charge on any atom is 0.420 e. The molecule has 0 aromatic heterocycles. The lowest BCUT2D eigenvalue weighted by atomic mass is 10.0. The highest BCUT2D eigenvalue weighted by molar-refractivity contribution is 5.69. The molecule has 6 heteroatoms. The number of carbonyl (C=O) groups is 1. The number of alkyl halides is 3. The number of phenolic OH excluding ortho intramolecular Hbond substituents is 1. The number of benzene rings is 1. The Morgan fingerprint density at radius 1 is 1.39 bits per heavy atom. The molecule has 1 rings (SSSR count). The molecule has 0 bridgehead atoms. The number of aryl methyl sites for hydroxylation is 1. The van der Waals surface area contributed by atoms with E-state index < -0.39 is 23.5 Å². The first-order chi connectivity index (χ1) is 8.36. The highest BCUT2D eigenvalue weighted by Gasteiger charge is 2.36. The lowest BCUT2D eigenvalue weighted by Gasteiger charge is -2.14. The Morgan fingerprint density at radius 2 is 2.06 bits per heavy atom. The monoisotopic (exact) mass is 262 g/mol. The normalized spacial score (nSPS) is 11.3. The minimum atomic E-state index is -4.64. The van der Waals surface area contributed by atoms with Crippen LogP contribution in [0.5, 0.6) is 5.75 Å². The summed E-state index contributed by atoms with van der Waals surface area (Å²) in [6, 6.07) is 3.52. The number of halogens is 3. The van der Waals surface area contributed by atoms with Gasteiger partial charge in [0.1, 0.15) is 11.3 Å². The fourth-order valence-electron chi connectivity index (χ4n) is 1.59. The molecule has 0 saturated carbocycles. The number of esters is 1. The Hall–Kier alpha value is -1.72. The van der Waals surface area contributed by atoms with E-state index in [1.807, 2.05) is 0 Å². The quantitative estimate of drug-likeness (QED) is 0.849. The van der Waals surface area contributed by atoms with Crippen LogP contribution in [0.1, 0.15) is 24.5 Å². The first kappa shape index (κ1) is 14.3. The summed E-state index contributed by atoms with van der Waals surface area (Å²) in [5.41, 5.74) is -1.20. The molecule has 0 unspecified atom stereocenters. The van der Waals surface area contributed by atoms with Gasteiger partial charge >= 0.3 is 12.1 Å². The van der Waals surface area contributed by atoms with Crippen LogP contribution < -0.4 is 0 Å². The number of carbonyl (C=O) groups excluding carboxylic acids is 1. The third-order valence-electron chi connectivity index (χ3n) is 2.32. The van der Waals surface area contributed by atoms with E-state index >= 15 is 0 Å². The maximum absolute atomic E-state index is 12.7. The van der Waals surface area contributed by atoms with Gasteiger partial charge in [-0.3, -0.25) is 4.79 Å². The molecule has 0 radical (unpaired) electrons. The highest BCUT2D eigenvalue weighted by Crippen LogP contribution is 2.38. The van der Waals surface area contributed by atoms with E-state index in [0.29, 0.717) is 0 Å². The van der Waals surface area contributed by atoms with Crippen LogP contribution in [0.25, 0.3) is 0 Å². The summed E-state index contributed by atoms with van der Waals surface area (Å²) < 4.78 is 42.8. The number of hydrogen-bond donors (Lipinski definition) is 1. The fourth-order valence-corrected chi connectivity index (χ4v) is 1.59.